The van der Waals surface area contributed by atoms with Crippen molar-refractivity contribution in [2.24, 2.45) is 0 Å². The fraction of sp³-hybridized carbons (Fsp3) is 0.643. The Hall–Kier alpha value is -1.14. The van der Waals surface area contributed by atoms with Crippen LogP contribution in [0.4, 0.5) is 5.69 Å². The van der Waals surface area contributed by atoms with E-state index in [1.165, 1.54) is 10.5 Å². The maximum Gasteiger partial charge on any atom is 0.262 e. The Balaban J connectivity index is 3.12. The molecule has 1 heterocycles. The van der Waals surface area contributed by atoms with Gasteiger partial charge in [0.15, 0.2) is 5.03 Å². The summed E-state index contributed by atoms with van der Waals surface area (Å²) < 4.78 is 27.0. The molecule has 1 aromatic rings. The van der Waals surface area contributed by atoms with E-state index in [2.05, 4.69) is 10.3 Å². The minimum absolute atomic E-state index is 0.135. The minimum atomic E-state index is -3.53. The van der Waals surface area contributed by atoms with Crippen LogP contribution in [0.15, 0.2) is 23.4 Å². The van der Waals surface area contributed by atoms with Crippen LogP contribution >= 0.6 is 0 Å². The van der Waals surface area contributed by atoms with E-state index in [0.29, 0.717) is 18.8 Å². The Kier molecular flexibility index (Phi) is 6.95. The van der Waals surface area contributed by atoms with Gasteiger partial charge in [0.2, 0.25) is 0 Å². The van der Waals surface area contributed by atoms with Crippen LogP contribution in [-0.4, -0.2) is 37.3 Å². The van der Waals surface area contributed by atoms with Crippen molar-refractivity contribution in [1.82, 2.24) is 9.29 Å². The summed E-state index contributed by atoms with van der Waals surface area (Å²) in [5, 5.41) is 3.27. The number of rotatable bonds is 9. The van der Waals surface area contributed by atoms with Crippen molar-refractivity contribution in [3.05, 3.63) is 18.3 Å². The molecule has 0 aliphatic rings. The quantitative estimate of drug-likeness (QED) is 0.761. The zero-order valence-electron chi connectivity index (χ0n) is 12.6. The summed E-state index contributed by atoms with van der Waals surface area (Å²) >= 11 is 0. The van der Waals surface area contributed by atoms with Gasteiger partial charge in [0.05, 0.1) is 5.69 Å². The van der Waals surface area contributed by atoms with Gasteiger partial charge in [0.1, 0.15) is 0 Å². The van der Waals surface area contributed by atoms with E-state index in [1.54, 1.807) is 12.1 Å². The summed E-state index contributed by atoms with van der Waals surface area (Å²) in [5.74, 6) is 0. The lowest BCUT2D eigenvalue weighted by Gasteiger charge is -2.22. The fourth-order valence-corrected chi connectivity index (χ4v) is 3.67. The molecule has 1 N–H and O–H groups in total. The molecular formula is C14H25N3O2S. The van der Waals surface area contributed by atoms with Gasteiger partial charge in [-0.2, -0.15) is 4.31 Å². The first-order chi connectivity index (χ1) is 9.57. The van der Waals surface area contributed by atoms with Crippen LogP contribution in [-0.2, 0) is 10.0 Å². The molecule has 0 aromatic carbocycles. The van der Waals surface area contributed by atoms with E-state index in [1.807, 2.05) is 20.8 Å². The average Bonchev–Trinajstić information content (AvgIpc) is 2.45. The highest BCUT2D eigenvalue weighted by Gasteiger charge is 2.27. The van der Waals surface area contributed by atoms with E-state index in [9.17, 15) is 8.42 Å². The molecule has 1 aromatic heterocycles. The zero-order chi connectivity index (χ0) is 15.0. The highest BCUT2D eigenvalue weighted by molar-refractivity contribution is 7.89. The van der Waals surface area contributed by atoms with E-state index in [0.717, 1.165) is 25.8 Å². The van der Waals surface area contributed by atoms with Gasteiger partial charge < -0.3 is 5.32 Å². The van der Waals surface area contributed by atoms with Crippen molar-refractivity contribution in [3.8, 4) is 0 Å². The summed E-state index contributed by atoms with van der Waals surface area (Å²) in [4.78, 5) is 4.10. The Morgan fingerprint density at radius 3 is 2.35 bits per heavy atom. The maximum absolute atomic E-state index is 12.7. The topological polar surface area (TPSA) is 62.3 Å². The summed E-state index contributed by atoms with van der Waals surface area (Å²) in [5.41, 5.74) is 0.589. The third-order valence-corrected chi connectivity index (χ3v) is 4.73. The normalized spacial score (nSPS) is 11.8. The molecule has 0 unspecified atom stereocenters. The first kappa shape index (κ1) is 16.9. The number of pyridine rings is 1. The monoisotopic (exact) mass is 299 g/mol. The van der Waals surface area contributed by atoms with Gasteiger partial charge in [0.25, 0.3) is 10.0 Å². The number of hydrogen-bond acceptors (Lipinski definition) is 4. The lowest BCUT2D eigenvalue weighted by Crippen LogP contribution is -2.33. The fourth-order valence-electron chi connectivity index (χ4n) is 1.96. The first-order valence-electron chi connectivity index (χ1n) is 7.26. The Labute approximate surface area is 122 Å². The predicted octanol–water partition coefficient (Wildman–Crippen LogP) is 2.71. The van der Waals surface area contributed by atoms with Crippen LogP contribution < -0.4 is 5.32 Å². The van der Waals surface area contributed by atoms with Crippen molar-refractivity contribution in [3.63, 3.8) is 0 Å². The third kappa shape index (κ3) is 4.18. The average molecular weight is 299 g/mol. The SMILES string of the molecule is CCCNc1cccnc1S(=O)(=O)N(CCC)CCC. The van der Waals surface area contributed by atoms with Gasteiger partial charge in [-0.15, -0.1) is 0 Å². The summed E-state index contributed by atoms with van der Waals surface area (Å²) in [6, 6.07) is 3.52. The van der Waals surface area contributed by atoms with Crippen LogP contribution in [0.3, 0.4) is 0 Å². The molecule has 114 valence electrons. The van der Waals surface area contributed by atoms with Gasteiger partial charge in [-0.05, 0) is 31.4 Å². The Morgan fingerprint density at radius 2 is 1.80 bits per heavy atom. The standard InChI is InChI=1S/C14H25N3O2S/c1-4-9-15-13-8-7-10-16-14(13)20(18,19)17(11-5-2)12-6-3/h7-8,10,15H,4-6,9,11-12H2,1-3H3. The van der Waals surface area contributed by atoms with E-state index in [-0.39, 0.29) is 5.03 Å². The van der Waals surface area contributed by atoms with Gasteiger partial charge in [0, 0.05) is 25.8 Å². The summed E-state index contributed by atoms with van der Waals surface area (Å²) in [6.07, 6.45) is 4.05. The van der Waals surface area contributed by atoms with Crippen LogP contribution in [0.25, 0.3) is 0 Å². The molecule has 0 aliphatic carbocycles. The van der Waals surface area contributed by atoms with Crippen molar-refractivity contribution >= 4 is 15.7 Å². The predicted molar refractivity (Wildman–Crippen MR) is 82.4 cm³/mol. The lowest BCUT2D eigenvalue weighted by atomic mass is 10.4. The maximum atomic E-state index is 12.7. The molecule has 0 amide bonds. The van der Waals surface area contributed by atoms with Crippen molar-refractivity contribution in [2.45, 2.75) is 45.1 Å². The van der Waals surface area contributed by atoms with Crippen LogP contribution in [0.5, 0.6) is 0 Å². The van der Waals surface area contributed by atoms with Crippen LogP contribution in [0.1, 0.15) is 40.0 Å². The molecule has 5 nitrogen and oxygen atoms in total. The first-order valence-corrected chi connectivity index (χ1v) is 8.70. The van der Waals surface area contributed by atoms with Crippen LogP contribution in [0.2, 0.25) is 0 Å². The Bertz CT molecular complexity index is 497. The molecule has 0 saturated heterocycles. The van der Waals surface area contributed by atoms with Gasteiger partial charge in [-0.1, -0.05) is 20.8 Å². The minimum Gasteiger partial charge on any atom is -0.383 e. The molecule has 0 aliphatic heterocycles. The van der Waals surface area contributed by atoms with Crippen molar-refractivity contribution in [1.29, 1.82) is 0 Å². The molecule has 0 bridgehead atoms. The smallest absolute Gasteiger partial charge is 0.262 e. The number of nitrogens with one attached hydrogen (secondary N) is 1. The second-order valence-corrected chi connectivity index (χ2v) is 6.54. The molecule has 0 saturated carbocycles. The van der Waals surface area contributed by atoms with Crippen molar-refractivity contribution < 1.29 is 8.42 Å². The van der Waals surface area contributed by atoms with Gasteiger partial charge in [-0.25, -0.2) is 13.4 Å². The second kappa shape index (κ2) is 8.21. The third-order valence-electron chi connectivity index (χ3n) is 2.87. The molecule has 1 rings (SSSR count). The van der Waals surface area contributed by atoms with E-state index < -0.39 is 10.0 Å². The highest BCUT2D eigenvalue weighted by atomic mass is 32.2. The highest BCUT2D eigenvalue weighted by Crippen LogP contribution is 2.22. The van der Waals surface area contributed by atoms with Crippen molar-refractivity contribution in [2.75, 3.05) is 25.0 Å². The molecule has 0 fully saturated rings. The van der Waals surface area contributed by atoms with Crippen LogP contribution in [0, 0.1) is 0 Å². The number of anilines is 1. The van der Waals surface area contributed by atoms with E-state index in [4.69, 9.17) is 0 Å². The number of sulfonamides is 1. The molecule has 6 heteroatoms. The summed E-state index contributed by atoms with van der Waals surface area (Å²) in [7, 11) is -3.53. The molecule has 0 radical (unpaired) electrons. The summed E-state index contributed by atoms with van der Waals surface area (Å²) in [6.45, 7) is 7.79. The Morgan fingerprint density at radius 1 is 1.15 bits per heavy atom. The molecule has 20 heavy (non-hydrogen) atoms. The molecule has 0 atom stereocenters. The largest absolute Gasteiger partial charge is 0.383 e. The number of aromatic nitrogens is 1. The lowest BCUT2D eigenvalue weighted by molar-refractivity contribution is 0.408. The van der Waals surface area contributed by atoms with E-state index >= 15 is 0 Å². The second-order valence-electron chi connectivity index (χ2n) is 4.69. The zero-order valence-corrected chi connectivity index (χ0v) is 13.4. The van der Waals surface area contributed by atoms with Gasteiger partial charge >= 0.3 is 0 Å². The molecular weight excluding hydrogens is 274 g/mol. The van der Waals surface area contributed by atoms with Gasteiger partial charge in [-0.3, -0.25) is 0 Å². The number of hydrogen-bond donors (Lipinski definition) is 1. The number of nitrogens with zero attached hydrogens (tertiary/aromatic N) is 2. The molecule has 0 spiro atoms.